The highest BCUT2D eigenvalue weighted by Crippen LogP contribution is 1.87. The summed E-state index contributed by atoms with van der Waals surface area (Å²) < 4.78 is 4.56. The van der Waals surface area contributed by atoms with Crippen molar-refractivity contribution in [2.24, 2.45) is 5.73 Å². The van der Waals surface area contributed by atoms with Gasteiger partial charge in [-0.3, -0.25) is 4.79 Å². The van der Waals surface area contributed by atoms with Gasteiger partial charge in [-0.25, -0.2) is 0 Å². The molecule has 2 N–H and O–H groups in total. The van der Waals surface area contributed by atoms with E-state index in [9.17, 15) is 4.79 Å². The summed E-state index contributed by atoms with van der Waals surface area (Å²) in [6.07, 6.45) is 0. The molecule has 0 saturated heterocycles. The maximum absolute atomic E-state index is 10.2. The first-order chi connectivity index (χ1) is 4.66. The van der Waals surface area contributed by atoms with Crippen LogP contribution in [0.25, 0.3) is 0 Å². The minimum atomic E-state index is -0.347. The molecule has 0 atom stereocenters. The molecule has 0 amide bonds. The van der Waals surface area contributed by atoms with E-state index in [4.69, 9.17) is 5.73 Å². The molecule has 0 aromatic rings. The molecule has 10 heavy (non-hydrogen) atoms. The maximum Gasteiger partial charge on any atom is 0.302 e. The van der Waals surface area contributed by atoms with Crippen LogP contribution in [0.4, 0.5) is 0 Å². The number of hydrogen-bond donors (Lipinski definition) is 1. The number of nitrogens with two attached hydrogens (primary N) is 1. The number of ether oxygens (including phenoxy) is 1. The van der Waals surface area contributed by atoms with E-state index in [0.717, 1.165) is 0 Å². The highest BCUT2D eigenvalue weighted by Gasteiger charge is 1.92. The molecule has 0 heterocycles. The quantitative estimate of drug-likeness (QED) is 0.333. The largest absolute Gasteiger partial charge is 0.460 e. The molecule has 0 radical (unpaired) electrons. The second-order valence-electron chi connectivity index (χ2n) is 1.65. The van der Waals surface area contributed by atoms with Crippen molar-refractivity contribution in [3.8, 4) is 12.0 Å². The highest BCUT2D eigenvalue weighted by molar-refractivity contribution is 5.66. The average Bonchev–Trinajstić information content (AvgIpc) is 1.85. The van der Waals surface area contributed by atoms with Crippen LogP contribution in [-0.4, -0.2) is 12.6 Å². The Morgan fingerprint density at radius 3 is 2.80 bits per heavy atom. The van der Waals surface area contributed by atoms with Gasteiger partial charge in [0, 0.05) is 18.5 Å². The van der Waals surface area contributed by atoms with Gasteiger partial charge in [0.05, 0.1) is 0 Å². The van der Waals surface area contributed by atoms with E-state index in [1.807, 2.05) is 0 Å². The number of esters is 1. The van der Waals surface area contributed by atoms with Crippen LogP contribution in [0.5, 0.6) is 0 Å². The van der Waals surface area contributed by atoms with Crippen molar-refractivity contribution in [1.82, 2.24) is 0 Å². The third kappa shape index (κ3) is 4.72. The van der Waals surface area contributed by atoms with E-state index >= 15 is 0 Å². The lowest BCUT2D eigenvalue weighted by atomic mass is 10.3. The third-order valence-corrected chi connectivity index (χ3v) is 0.699. The Morgan fingerprint density at radius 2 is 2.40 bits per heavy atom. The zero-order chi connectivity index (χ0) is 7.98. The van der Waals surface area contributed by atoms with Gasteiger partial charge in [0.15, 0.2) is 0 Å². The van der Waals surface area contributed by atoms with E-state index in [0.29, 0.717) is 5.57 Å². The van der Waals surface area contributed by atoms with Gasteiger partial charge in [-0.05, 0) is 5.92 Å². The molecular weight excluding hydrogens is 130 g/mol. The first-order valence-corrected chi connectivity index (χ1v) is 2.69. The predicted molar refractivity (Wildman–Crippen MR) is 37.7 cm³/mol. The zero-order valence-corrected chi connectivity index (χ0v) is 5.81. The van der Waals surface area contributed by atoms with Gasteiger partial charge in [-0.2, -0.15) is 0 Å². The number of carbonyl (C=O) groups excluding carboxylic acids is 1. The Kier molecular flexibility index (Phi) is 3.81. The van der Waals surface area contributed by atoms with Crippen LogP contribution in [0, 0.1) is 12.0 Å². The van der Waals surface area contributed by atoms with E-state index in [1.54, 1.807) is 0 Å². The van der Waals surface area contributed by atoms with Crippen LogP contribution < -0.4 is 5.73 Å². The topological polar surface area (TPSA) is 52.3 Å². The molecule has 0 fully saturated rings. The van der Waals surface area contributed by atoms with Crippen LogP contribution in [-0.2, 0) is 9.53 Å². The summed E-state index contributed by atoms with van der Waals surface area (Å²) in [4.78, 5) is 10.2. The molecule has 0 rings (SSSR count). The van der Waals surface area contributed by atoms with Gasteiger partial charge < -0.3 is 10.5 Å². The molecule has 0 aliphatic rings. The minimum Gasteiger partial charge on any atom is -0.460 e. The first kappa shape index (κ1) is 8.57. The third-order valence-electron chi connectivity index (χ3n) is 0.699. The molecule has 0 saturated carbocycles. The smallest absolute Gasteiger partial charge is 0.302 e. The molecule has 0 bridgehead atoms. The zero-order valence-electron chi connectivity index (χ0n) is 5.81. The molecule has 3 heteroatoms. The SMILES string of the molecule is C=C(C#CN)COC(C)=O. The average molecular weight is 139 g/mol. The van der Waals surface area contributed by atoms with E-state index in [2.05, 4.69) is 23.3 Å². The second kappa shape index (κ2) is 4.45. The lowest BCUT2D eigenvalue weighted by Gasteiger charge is -1.96. The first-order valence-electron chi connectivity index (χ1n) is 2.69. The molecule has 0 unspecified atom stereocenters. The minimum absolute atomic E-state index is 0.125. The Balaban J connectivity index is 3.57. The van der Waals surface area contributed by atoms with Crippen molar-refractivity contribution < 1.29 is 9.53 Å². The van der Waals surface area contributed by atoms with E-state index < -0.39 is 0 Å². The highest BCUT2D eigenvalue weighted by atomic mass is 16.5. The van der Waals surface area contributed by atoms with Crippen LogP contribution in [0.2, 0.25) is 0 Å². The van der Waals surface area contributed by atoms with E-state index in [-0.39, 0.29) is 12.6 Å². The second-order valence-corrected chi connectivity index (χ2v) is 1.65. The molecule has 3 nitrogen and oxygen atoms in total. The number of rotatable bonds is 2. The van der Waals surface area contributed by atoms with Gasteiger partial charge >= 0.3 is 5.97 Å². The fourth-order valence-electron chi connectivity index (χ4n) is 0.327. The molecule has 54 valence electrons. The predicted octanol–water partition coefficient (Wildman–Crippen LogP) is 0.0253. The summed E-state index contributed by atoms with van der Waals surface area (Å²) in [5.74, 6) is 2.11. The molecule has 0 aliphatic heterocycles. The standard InChI is InChI=1S/C7H9NO2/c1-6(3-4-8)5-10-7(2)9/h1,5,8H2,2H3. The van der Waals surface area contributed by atoms with Crippen molar-refractivity contribution in [3.63, 3.8) is 0 Å². The Bertz CT molecular complexity index is 197. The number of hydrogen-bond acceptors (Lipinski definition) is 3. The lowest BCUT2D eigenvalue weighted by Crippen LogP contribution is -2.01. The van der Waals surface area contributed by atoms with Crippen LogP contribution in [0.15, 0.2) is 12.2 Å². The van der Waals surface area contributed by atoms with Crippen molar-refractivity contribution in [2.75, 3.05) is 6.61 Å². The maximum atomic E-state index is 10.2. The summed E-state index contributed by atoms with van der Waals surface area (Å²) in [6, 6.07) is 2.15. The van der Waals surface area contributed by atoms with Crippen LogP contribution >= 0.6 is 0 Å². The van der Waals surface area contributed by atoms with Crippen molar-refractivity contribution in [1.29, 1.82) is 0 Å². The van der Waals surface area contributed by atoms with Crippen molar-refractivity contribution in [2.45, 2.75) is 6.92 Å². The summed E-state index contributed by atoms with van der Waals surface area (Å²) in [6.45, 7) is 4.93. The fraction of sp³-hybridized carbons (Fsp3) is 0.286. The Hall–Kier alpha value is -1.43. The summed E-state index contributed by atoms with van der Waals surface area (Å²) >= 11 is 0. The van der Waals surface area contributed by atoms with Gasteiger partial charge in [-0.15, -0.1) is 0 Å². The van der Waals surface area contributed by atoms with Gasteiger partial charge in [-0.1, -0.05) is 6.58 Å². The van der Waals surface area contributed by atoms with Gasteiger partial charge in [0.2, 0.25) is 0 Å². The monoisotopic (exact) mass is 139 g/mol. The van der Waals surface area contributed by atoms with Gasteiger partial charge in [0.1, 0.15) is 6.61 Å². The van der Waals surface area contributed by atoms with Crippen molar-refractivity contribution in [3.05, 3.63) is 12.2 Å². The van der Waals surface area contributed by atoms with E-state index in [1.165, 1.54) is 6.92 Å². The summed E-state index contributed by atoms with van der Waals surface area (Å²) in [5.41, 5.74) is 5.37. The summed E-state index contributed by atoms with van der Waals surface area (Å²) in [5, 5.41) is 0. The molecule has 0 aliphatic carbocycles. The molecular formula is C7H9NO2. The lowest BCUT2D eigenvalue weighted by molar-refractivity contribution is -0.139. The van der Waals surface area contributed by atoms with Crippen LogP contribution in [0.1, 0.15) is 6.92 Å². The van der Waals surface area contributed by atoms with Gasteiger partial charge in [0.25, 0.3) is 0 Å². The molecule has 0 aromatic heterocycles. The Labute approximate surface area is 59.9 Å². The molecule has 0 aromatic carbocycles. The van der Waals surface area contributed by atoms with Crippen molar-refractivity contribution >= 4 is 5.97 Å². The fourth-order valence-corrected chi connectivity index (χ4v) is 0.327. The van der Waals surface area contributed by atoms with Crippen LogP contribution in [0.3, 0.4) is 0 Å². The molecule has 0 spiro atoms. The number of carbonyl (C=O) groups is 1. The Morgan fingerprint density at radius 1 is 1.80 bits per heavy atom. The summed E-state index contributed by atoms with van der Waals surface area (Å²) in [7, 11) is 0. The normalized spacial score (nSPS) is 7.30.